The zero-order valence-electron chi connectivity index (χ0n) is 22.0. The number of esters is 3. The molecule has 11 heteroatoms. The van der Waals surface area contributed by atoms with Gasteiger partial charge in [-0.3, -0.25) is 4.79 Å². The van der Waals surface area contributed by atoms with Crippen molar-refractivity contribution in [3.05, 3.63) is 64.7 Å². The van der Waals surface area contributed by atoms with Gasteiger partial charge in [0.25, 0.3) is 0 Å². The predicted octanol–water partition coefficient (Wildman–Crippen LogP) is 4.45. The van der Waals surface area contributed by atoms with E-state index in [1.165, 1.54) is 37.3 Å². The van der Waals surface area contributed by atoms with Crippen LogP contribution < -0.4 is 4.74 Å². The summed E-state index contributed by atoms with van der Waals surface area (Å²) in [6.07, 6.45) is 0.676. The lowest BCUT2D eigenvalue weighted by Crippen LogP contribution is -2.13. The molecule has 0 aromatic heterocycles. The van der Waals surface area contributed by atoms with Crippen molar-refractivity contribution in [3.63, 3.8) is 0 Å². The number of Topliss-reactive ketones (excluding diaryl/α,β-unsaturated/α-hetero) is 1. The topological polar surface area (TPSA) is 132 Å². The summed E-state index contributed by atoms with van der Waals surface area (Å²) in [5.74, 6) is -1.86. The van der Waals surface area contributed by atoms with Crippen molar-refractivity contribution in [3.8, 4) is 5.75 Å². The van der Waals surface area contributed by atoms with Crippen LogP contribution in [0.5, 0.6) is 5.75 Å². The molecule has 0 N–H and O–H groups in total. The molecule has 10 nitrogen and oxygen atoms in total. The minimum Gasteiger partial charge on any atom is -0.486 e. The molecular formula is C27H33O10P. The third-order valence-electron chi connectivity index (χ3n) is 4.93. The molecular weight excluding hydrogens is 515 g/mol. The van der Waals surface area contributed by atoms with Crippen LogP contribution in [0.2, 0.25) is 0 Å². The highest BCUT2D eigenvalue weighted by Crippen LogP contribution is 2.36. The van der Waals surface area contributed by atoms with Crippen LogP contribution in [0.25, 0.3) is 0 Å². The molecule has 2 aromatic rings. The Hall–Kier alpha value is -3.49. The van der Waals surface area contributed by atoms with E-state index in [9.17, 15) is 23.7 Å². The molecule has 0 amide bonds. The van der Waals surface area contributed by atoms with Gasteiger partial charge < -0.3 is 28.2 Å². The van der Waals surface area contributed by atoms with Gasteiger partial charge in [0.2, 0.25) is 0 Å². The van der Waals surface area contributed by atoms with Crippen LogP contribution in [0.3, 0.4) is 0 Å². The molecule has 0 fully saturated rings. The van der Waals surface area contributed by atoms with Gasteiger partial charge in [-0.15, -0.1) is 0 Å². The molecule has 0 aliphatic rings. The van der Waals surface area contributed by atoms with Crippen molar-refractivity contribution >= 4 is 30.8 Å². The van der Waals surface area contributed by atoms with Gasteiger partial charge in [0.15, 0.2) is 5.78 Å². The quantitative estimate of drug-likeness (QED) is 0.103. The lowest BCUT2D eigenvalue weighted by Gasteiger charge is -2.13. The van der Waals surface area contributed by atoms with E-state index in [2.05, 4.69) is 0 Å². The summed E-state index contributed by atoms with van der Waals surface area (Å²) in [6.45, 7) is 5.08. The first-order valence-electron chi connectivity index (χ1n) is 11.9. The first-order valence-corrected chi connectivity index (χ1v) is 14.7. The summed E-state index contributed by atoms with van der Waals surface area (Å²) >= 11 is 0. The van der Waals surface area contributed by atoms with Gasteiger partial charge in [0.1, 0.15) is 19.2 Å². The number of benzene rings is 2. The molecule has 0 saturated heterocycles. The van der Waals surface area contributed by atoms with Gasteiger partial charge in [-0.25, -0.2) is 14.4 Å². The molecule has 0 radical (unpaired) electrons. The van der Waals surface area contributed by atoms with Crippen molar-refractivity contribution in [1.29, 1.82) is 0 Å². The number of carbonyl (C=O) groups excluding carboxylic acids is 4. The SMILES string of the molecule is COCCCOC(=O)c1cc(OCP(C)(C)=O)cc(C(=O)OCCCOC(=O)c2ccc(C(C)=O)cc2)c1. The fourth-order valence-electron chi connectivity index (χ4n) is 3.00. The maximum atomic E-state index is 12.6. The summed E-state index contributed by atoms with van der Waals surface area (Å²) in [4.78, 5) is 48.6. The van der Waals surface area contributed by atoms with Gasteiger partial charge in [0.05, 0.1) is 36.5 Å². The molecule has 206 valence electrons. The average Bonchev–Trinajstić information content (AvgIpc) is 2.88. The summed E-state index contributed by atoms with van der Waals surface area (Å²) in [5, 5.41) is 0. The second-order valence-corrected chi connectivity index (χ2v) is 12.2. The van der Waals surface area contributed by atoms with E-state index in [0.717, 1.165) is 0 Å². The van der Waals surface area contributed by atoms with Gasteiger partial charge in [-0.05, 0) is 50.6 Å². The van der Waals surface area contributed by atoms with Crippen molar-refractivity contribution in [2.75, 3.05) is 53.2 Å². The minimum atomic E-state index is -2.52. The zero-order chi connectivity index (χ0) is 28.1. The maximum Gasteiger partial charge on any atom is 0.338 e. The highest BCUT2D eigenvalue weighted by molar-refractivity contribution is 7.62. The van der Waals surface area contributed by atoms with Crippen LogP contribution in [0.4, 0.5) is 0 Å². The monoisotopic (exact) mass is 548 g/mol. The molecule has 0 aliphatic carbocycles. The fourth-order valence-corrected chi connectivity index (χ4v) is 3.46. The third-order valence-corrected chi connectivity index (χ3v) is 5.68. The highest BCUT2D eigenvalue weighted by Gasteiger charge is 2.17. The van der Waals surface area contributed by atoms with Crippen LogP contribution in [0.1, 0.15) is 61.2 Å². The third kappa shape index (κ3) is 10.9. The lowest BCUT2D eigenvalue weighted by atomic mass is 10.1. The number of hydrogen-bond acceptors (Lipinski definition) is 10. The van der Waals surface area contributed by atoms with E-state index in [4.69, 9.17) is 23.7 Å². The van der Waals surface area contributed by atoms with E-state index in [1.807, 2.05) is 0 Å². The zero-order valence-corrected chi connectivity index (χ0v) is 22.9. The number of rotatable bonds is 15. The van der Waals surface area contributed by atoms with Gasteiger partial charge in [-0.2, -0.15) is 0 Å². The molecule has 38 heavy (non-hydrogen) atoms. The molecule has 0 heterocycles. The Labute approximate surface area is 221 Å². The predicted molar refractivity (Wildman–Crippen MR) is 140 cm³/mol. The summed E-state index contributed by atoms with van der Waals surface area (Å²) in [6, 6.07) is 10.2. The van der Waals surface area contributed by atoms with Crippen molar-refractivity contribution in [2.45, 2.75) is 19.8 Å². The van der Waals surface area contributed by atoms with Gasteiger partial charge in [-0.1, -0.05) is 12.1 Å². The Morgan fingerprint density at radius 2 is 1.13 bits per heavy atom. The van der Waals surface area contributed by atoms with Gasteiger partial charge >= 0.3 is 17.9 Å². The van der Waals surface area contributed by atoms with E-state index >= 15 is 0 Å². The second-order valence-electron chi connectivity index (χ2n) is 8.83. The number of ether oxygens (including phenoxy) is 5. The first kappa shape index (κ1) is 30.7. The fraction of sp³-hybridized carbons (Fsp3) is 0.407. The number of hydrogen-bond donors (Lipinski definition) is 0. The van der Waals surface area contributed by atoms with E-state index in [1.54, 1.807) is 32.6 Å². The summed E-state index contributed by atoms with van der Waals surface area (Å²) < 4.78 is 38.2. The average molecular weight is 549 g/mol. The maximum absolute atomic E-state index is 12.6. The molecule has 0 spiro atoms. The standard InChI is InChI=1S/C27H33O10P/c1-19(28)20-7-9-21(10-8-20)25(29)34-13-6-14-36-27(31)23-15-22(26(30)35-12-5-11-33-2)16-24(17-23)37-18-38(3,4)32/h7-10,15-17H,5-6,11-14,18H2,1-4H3. The van der Waals surface area contributed by atoms with E-state index in [-0.39, 0.29) is 55.2 Å². The lowest BCUT2D eigenvalue weighted by molar-refractivity contribution is 0.0395. The Bertz CT molecular complexity index is 1170. The Kier molecular flexibility index (Phi) is 12.2. The molecule has 2 rings (SSSR count). The Balaban J connectivity index is 1.94. The second kappa shape index (κ2) is 15.1. The van der Waals surface area contributed by atoms with Crippen molar-refractivity contribution in [2.24, 2.45) is 0 Å². The normalized spacial score (nSPS) is 10.9. The number of carbonyl (C=O) groups is 4. The van der Waals surface area contributed by atoms with Crippen molar-refractivity contribution < 1.29 is 47.4 Å². The molecule has 0 saturated carbocycles. The summed E-state index contributed by atoms with van der Waals surface area (Å²) in [5.41, 5.74) is 0.924. The number of ketones is 1. The molecule has 0 atom stereocenters. The molecule has 0 aliphatic heterocycles. The van der Waals surface area contributed by atoms with Crippen LogP contribution in [0, 0.1) is 0 Å². The minimum absolute atomic E-state index is 0.00502. The van der Waals surface area contributed by atoms with E-state index < -0.39 is 25.0 Å². The smallest absolute Gasteiger partial charge is 0.338 e. The van der Waals surface area contributed by atoms with Crippen LogP contribution in [-0.2, 0) is 23.5 Å². The van der Waals surface area contributed by atoms with Crippen LogP contribution in [0.15, 0.2) is 42.5 Å². The number of methoxy groups -OCH3 is 1. The Morgan fingerprint density at radius 1 is 0.684 bits per heavy atom. The van der Waals surface area contributed by atoms with Crippen LogP contribution >= 0.6 is 7.14 Å². The van der Waals surface area contributed by atoms with E-state index in [0.29, 0.717) is 24.2 Å². The highest BCUT2D eigenvalue weighted by atomic mass is 31.2. The molecule has 2 aromatic carbocycles. The first-order chi connectivity index (χ1) is 18.0. The largest absolute Gasteiger partial charge is 0.486 e. The summed E-state index contributed by atoms with van der Waals surface area (Å²) in [7, 11) is -0.980. The van der Waals surface area contributed by atoms with Crippen LogP contribution in [-0.4, -0.2) is 76.9 Å². The van der Waals surface area contributed by atoms with Gasteiger partial charge in [0, 0.05) is 32.1 Å². The molecule has 0 bridgehead atoms. The molecule has 0 unspecified atom stereocenters. The Morgan fingerprint density at radius 3 is 1.58 bits per heavy atom. The van der Waals surface area contributed by atoms with Crippen molar-refractivity contribution in [1.82, 2.24) is 0 Å².